The Morgan fingerprint density at radius 1 is 1.06 bits per heavy atom. The number of carbonyl (C=O) groups is 1. The first-order valence-corrected chi connectivity index (χ1v) is 10.6. The van der Waals surface area contributed by atoms with Crippen LogP contribution in [0.2, 0.25) is 0 Å². The van der Waals surface area contributed by atoms with E-state index in [4.69, 9.17) is 0 Å². The van der Waals surface area contributed by atoms with E-state index in [0.717, 1.165) is 31.1 Å². The zero-order valence-corrected chi connectivity index (χ0v) is 17.5. The van der Waals surface area contributed by atoms with Gasteiger partial charge >= 0.3 is 6.18 Å². The van der Waals surface area contributed by atoms with Crippen LogP contribution in [0.15, 0.2) is 36.5 Å². The summed E-state index contributed by atoms with van der Waals surface area (Å²) in [5, 5.41) is 0. The van der Waals surface area contributed by atoms with Gasteiger partial charge in [0, 0.05) is 56.8 Å². The number of carbonyl (C=O) groups excluding carboxylic acids is 1. The van der Waals surface area contributed by atoms with Crippen LogP contribution in [-0.2, 0) is 11.0 Å². The highest BCUT2D eigenvalue weighted by Gasteiger charge is 2.33. The van der Waals surface area contributed by atoms with Crippen molar-refractivity contribution >= 4 is 17.5 Å². The monoisotopic (exact) mass is 433 g/mol. The highest BCUT2D eigenvalue weighted by atomic mass is 19.4. The van der Waals surface area contributed by atoms with Gasteiger partial charge in [0.2, 0.25) is 11.9 Å². The van der Waals surface area contributed by atoms with Crippen molar-refractivity contribution in [2.75, 3.05) is 49.1 Å². The number of rotatable bonds is 3. The van der Waals surface area contributed by atoms with Crippen molar-refractivity contribution in [1.82, 2.24) is 14.9 Å². The number of piperidine rings is 1. The molecule has 0 bridgehead atoms. The minimum atomic E-state index is -4.36. The van der Waals surface area contributed by atoms with E-state index in [1.54, 1.807) is 12.3 Å². The number of hydrogen-bond acceptors (Lipinski definition) is 5. The summed E-state index contributed by atoms with van der Waals surface area (Å²) in [6, 6.07) is 7.22. The van der Waals surface area contributed by atoms with E-state index >= 15 is 0 Å². The van der Waals surface area contributed by atoms with Gasteiger partial charge in [0.1, 0.15) is 0 Å². The molecule has 6 nitrogen and oxygen atoms in total. The lowest BCUT2D eigenvalue weighted by molar-refractivity contribution is -0.137. The minimum absolute atomic E-state index is 0.112. The first kappa shape index (κ1) is 21.4. The van der Waals surface area contributed by atoms with E-state index in [2.05, 4.69) is 14.9 Å². The molecule has 0 radical (unpaired) electrons. The molecule has 0 aliphatic carbocycles. The van der Waals surface area contributed by atoms with E-state index < -0.39 is 11.7 Å². The zero-order valence-electron chi connectivity index (χ0n) is 17.5. The third-order valence-corrected chi connectivity index (χ3v) is 5.97. The third-order valence-electron chi connectivity index (χ3n) is 5.97. The van der Waals surface area contributed by atoms with E-state index in [1.165, 1.54) is 12.1 Å². The van der Waals surface area contributed by atoms with Crippen LogP contribution in [0.4, 0.5) is 24.8 Å². The van der Waals surface area contributed by atoms with Gasteiger partial charge in [-0.3, -0.25) is 4.79 Å². The van der Waals surface area contributed by atoms with Crippen molar-refractivity contribution < 1.29 is 18.0 Å². The standard InChI is InChI=1S/C22H26F3N5O/c1-16-7-8-26-21(27-16)30-9-3-4-17(15-30)20(31)29-12-10-28(11-13-29)19-6-2-5-18(14-19)22(23,24)25/h2,5-8,14,17H,3-4,9-13,15H2,1H3/t17-/m0/s1. The Labute approximate surface area is 179 Å². The minimum Gasteiger partial charge on any atom is -0.368 e. The molecule has 2 fully saturated rings. The number of nitrogens with zero attached hydrogens (tertiary/aromatic N) is 5. The number of halogens is 3. The fraction of sp³-hybridized carbons (Fsp3) is 0.500. The molecule has 0 saturated carbocycles. The van der Waals surface area contributed by atoms with Crippen LogP contribution in [0.3, 0.4) is 0 Å². The molecule has 3 heterocycles. The molecule has 4 rings (SSSR count). The van der Waals surface area contributed by atoms with Gasteiger partial charge in [0.05, 0.1) is 11.5 Å². The summed E-state index contributed by atoms with van der Waals surface area (Å²) in [4.78, 5) is 27.8. The van der Waals surface area contributed by atoms with Crippen molar-refractivity contribution in [3.8, 4) is 0 Å². The van der Waals surface area contributed by atoms with E-state index in [0.29, 0.717) is 44.4 Å². The average Bonchev–Trinajstić information content (AvgIpc) is 2.78. The van der Waals surface area contributed by atoms with Crippen LogP contribution in [0.1, 0.15) is 24.1 Å². The van der Waals surface area contributed by atoms with Gasteiger partial charge in [-0.2, -0.15) is 13.2 Å². The maximum absolute atomic E-state index is 13.1. The quantitative estimate of drug-likeness (QED) is 0.743. The van der Waals surface area contributed by atoms with Crippen LogP contribution in [-0.4, -0.2) is 60.0 Å². The molecule has 2 aromatic rings. The number of aryl methyl sites for hydroxylation is 1. The van der Waals surface area contributed by atoms with Crippen LogP contribution >= 0.6 is 0 Å². The maximum atomic E-state index is 13.1. The summed E-state index contributed by atoms with van der Waals surface area (Å²) in [7, 11) is 0. The lowest BCUT2D eigenvalue weighted by atomic mass is 9.96. The normalized spacial score (nSPS) is 20.1. The SMILES string of the molecule is Cc1ccnc(N2CCC[C@H](C(=O)N3CCN(c4cccc(C(F)(F)F)c4)CC3)C2)n1. The van der Waals surface area contributed by atoms with Crippen molar-refractivity contribution in [1.29, 1.82) is 0 Å². The van der Waals surface area contributed by atoms with E-state index in [9.17, 15) is 18.0 Å². The van der Waals surface area contributed by atoms with Gasteiger partial charge in [-0.15, -0.1) is 0 Å². The molecule has 0 unspecified atom stereocenters. The Kier molecular flexibility index (Phi) is 6.02. The van der Waals surface area contributed by atoms with Gasteiger partial charge < -0.3 is 14.7 Å². The Bertz CT molecular complexity index is 927. The number of amides is 1. The molecule has 0 N–H and O–H groups in total. The first-order chi connectivity index (χ1) is 14.8. The van der Waals surface area contributed by atoms with Crippen LogP contribution < -0.4 is 9.80 Å². The van der Waals surface area contributed by atoms with Crippen molar-refractivity contribution in [2.24, 2.45) is 5.92 Å². The average molecular weight is 433 g/mol. The number of piperazine rings is 1. The molecular weight excluding hydrogens is 407 g/mol. The van der Waals surface area contributed by atoms with Gasteiger partial charge in [-0.05, 0) is 44.0 Å². The third kappa shape index (κ3) is 4.91. The smallest absolute Gasteiger partial charge is 0.368 e. The molecule has 1 aromatic carbocycles. The predicted octanol–water partition coefficient (Wildman–Crippen LogP) is 3.37. The van der Waals surface area contributed by atoms with Crippen LogP contribution in [0.5, 0.6) is 0 Å². The largest absolute Gasteiger partial charge is 0.416 e. The van der Waals surface area contributed by atoms with Crippen molar-refractivity contribution in [2.45, 2.75) is 25.9 Å². The van der Waals surface area contributed by atoms with Crippen LogP contribution in [0, 0.1) is 12.8 Å². The maximum Gasteiger partial charge on any atom is 0.416 e. The van der Waals surface area contributed by atoms with Gasteiger partial charge in [0.15, 0.2) is 0 Å². The van der Waals surface area contributed by atoms with Crippen molar-refractivity contribution in [3.05, 3.63) is 47.8 Å². The topological polar surface area (TPSA) is 52.6 Å². The highest BCUT2D eigenvalue weighted by molar-refractivity contribution is 5.80. The lowest BCUT2D eigenvalue weighted by Crippen LogP contribution is -2.52. The second-order valence-electron chi connectivity index (χ2n) is 8.14. The fourth-order valence-corrected chi connectivity index (χ4v) is 4.27. The second-order valence-corrected chi connectivity index (χ2v) is 8.14. The van der Waals surface area contributed by atoms with Gasteiger partial charge in [0.25, 0.3) is 0 Å². The lowest BCUT2D eigenvalue weighted by Gasteiger charge is -2.39. The number of aromatic nitrogens is 2. The number of hydrogen-bond donors (Lipinski definition) is 0. The van der Waals surface area contributed by atoms with Crippen molar-refractivity contribution in [3.63, 3.8) is 0 Å². The number of benzene rings is 1. The summed E-state index contributed by atoms with van der Waals surface area (Å²) < 4.78 is 39.0. The Morgan fingerprint density at radius 3 is 2.55 bits per heavy atom. The molecule has 1 aromatic heterocycles. The first-order valence-electron chi connectivity index (χ1n) is 10.6. The molecule has 1 amide bonds. The summed E-state index contributed by atoms with van der Waals surface area (Å²) in [5.74, 6) is 0.658. The van der Waals surface area contributed by atoms with Gasteiger partial charge in [-0.25, -0.2) is 9.97 Å². The van der Waals surface area contributed by atoms with Gasteiger partial charge in [-0.1, -0.05) is 6.07 Å². The van der Waals surface area contributed by atoms with E-state index in [-0.39, 0.29) is 11.8 Å². The molecule has 31 heavy (non-hydrogen) atoms. The highest BCUT2D eigenvalue weighted by Crippen LogP contribution is 2.32. The number of anilines is 2. The second kappa shape index (κ2) is 8.72. The molecular formula is C22H26F3N5O. The molecule has 166 valence electrons. The summed E-state index contributed by atoms with van der Waals surface area (Å²) in [6.07, 6.45) is -0.898. The fourth-order valence-electron chi connectivity index (χ4n) is 4.27. The Hall–Kier alpha value is -2.84. The molecule has 2 aliphatic rings. The Morgan fingerprint density at radius 2 is 1.84 bits per heavy atom. The van der Waals surface area contributed by atoms with E-state index in [1.807, 2.05) is 22.8 Å². The molecule has 2 aliphatic heterocycles. The molecule has 2 saturated heterocycles. The summed E-state index contributed by atoms with van der Waals surface area (Å²) in [5.41, 5.74) is 0.788. The predicted molar refractivity (Wildman–Crippen MR) is 112 cm³/mol. The summed E-state index contributed by atoms with van der Waals surface area (Å²) >= 11 is 0. The molecule has 1 atom stereocenters. The Balaban J connectivity index is 1.36. The molecule has 9 heteroatoms. The zero-order chi connectivity index (χ0) is 22.0. The van der Waals surface area contributed by atoms with Crippen LogP contribution in [0.25, 0.3) is 0 Å². The number of alkyl halides is 3. The molecule has 0 spiro atoms. The summed E-state index contributed by atoms with van der Waals surface area (Å²) in [6.45, 7) is 5.39.